The summed E-state index contributed by atoms with van der Waals surface area (Å²) >= 11 is 0. The number of ether oxygens (including phenoxy) is 1. The fraction of sp³-hybridized carbons (Fsp3) is 0.154. The lowest BCUT2D eigenvalue weighted by Crippen LogP contribution is -2.17. The van der Waals surface area contributed by atoms with Gasteiger partial charge in [-0.15, -0.1) is 13.2 Å². The van der Waals surface area contributed by atoms with E-state index in [1.54, 1.807) is 0 Å². The van der Waals surface area contributed by atoms with Crippen molar-refractivity contribution in [2.45, 2.75) is 12.5 Å². The molecule has 0 N–H and O–H groups in total. The van der Waals surface area contributed by atoms with Gasteiger partial charge >= 0.3 is 12.5 Å². The second-order valence-corrected chi connectivity index (χ2v) is 4.09. The highest BCUT2D eigenvalue weighted by Crippen LogP contribution is 2.38. The molecule has 1 aromatic heterocycles. The third kappa shape index (κ3) is 3.66. The van der Waals surface area contributed by atoms with Crippen molar-refractivity contribution in [3.05, 3.63) is 47.9 Å². The van der Waals surface area contributed by atoms with Crippen molar-refractivity contribution in [1.29, 1.82) is 0 Å². The summed E-state index contributed by atoms with van der Waals surface area (Å²) in [5.41, 5.74) is -2.83. The molecule has 0 saturated heterocycles. The molecule has 0 bridgehead atoms. The zero-order valence-electron chi connectivity index (χ0n) is 10.5. The molecule has 9 heteroatoms. The Hall–Kier alpha value is -2.32. The van der Waals surface area contributed by atoms with Gasteiger partial charge in [0.25, 0.3) is 0 Å². The average molecular weight is 325 g/mol. The number of aromatic nitrogens is 1. The van der Waals surface area contributed by atoms with Crippen molar-refractivity contribution in [2.75, 3.05) is 0 Å². The number of hydrogen-bond acceptors (Lipinski definition) is 2. The molecule has 0 radical (unpaired) electrons. The molecule has 22 heavy (non-hydrogen) atoms. The molecular formula is C13H6F7NO. The molecular weight excluding hydrogens is 319 g/mol. The summed E-state index contributed by atoms with van der Waals surface area (Å²) in [6.45, 7) is 0. The SMILES string of the molecule is Fc1ccnc(-c2cccc(OC(F)(F)F)c2)c1C(F)(F)F. The Kier molecular flexibility index (Phi) is 3.99. The van der Waals surface area contributed by atoms with E-state index < -0.39 is 35.4 Å². The minimum atomic E-state index is -5.05. The molecule has 0 aliphatic carbocycles. The van der Waals surface area contributed by atoms with Crippen molar-refractivity contribution >= 4 is 0 Å². The van der Waals surface area contributed by atoms with Gasteiger partial charge in [0.15, 0.2) is 0 Å². The summed E-state index contributed by atoms with van der Waals surface area (Å²) in [5, 5.41) is 0. The molecule has 2 aromatic rings. The minimum Gasteiger partial charge on any atom is -0.406 e. The number of benzene rings is 1. The van der Waals surface area contributed by atoms with E-state index >= 15 is 0 Å². The molecule has 0 spiro atoms. The van der Waals surface area contributed by atoms with Crippen LogP contribution in [0.3, 0.4) is 0 Å². The maximum atomic E-state index is 13.4. The third-order valence-electron chi connectivity index (χ3n) is 2.52. The van der Waals surface area contributed by atoms with E-state index in [0.29, 0.717) is 12.1 Å². The molecule has 0 aliphatic rings. The Bertz CT molecular complexity index is 679. The fourth-order valence-corrected chi connectivity index (χ4v) is 1.77. The summed E-state index contributed by atoms with van der Waals surface area (Å²) in [6.07, 6.45) is -9.26. The fourth-order valence-electron chi connectivity index (χ4n) is 1.77. The van der Waals surface area contributed by atoms with Gasteiger partial charge in [-0.1, -0.05) is 12.1 Å². The molecule has 0 aliphatic heterocycles. The Morgan fingerprint density at radius 2 is 1.64 bits per heavy atom. The van der Waals surface area contributed by atoms with Gasteiger partial charge in [0, 0.05) is 11.8 Å². The van der Waals surface area contributed by atoms with Crippen LogP contribution in [0.5, 0.6) is 5.75 Å². The lowest BCUT2D eigenvalue weighted by molar-refractivity contribution is -0.274. The van der Waals surface area contributed by atoms with Gasteiger partial charge in [-0.25, -0.2) is 4.39 Å². The average Bonchev–Trinajstić information content (AvgIpc) is 2.35. The lowest BCUT2D eigenvalue weighted by atomic mass is 10.0. The van der Waals surface area contributed by atoms with Gasteiger partial charge in [-0.2, -0.15) is 13.2 Å². The second-order valence-electron chi connectivity index (χ2n) is 4.09. The number of rotatable bonds is 2. The molecule has 118 valence electrons. The summed E-state index contributed by atoms with van der Waals surface area (Å²) < 4.78 is 92.1. The van der Waals surface area contributed by atoms with E-state index in [9.17, 15) is 30.7 Å². The van der Waals surface area contributed by atoms with Crippen LogP contribution >= 0.6 is 0 Å². The van der Waals surface area contributed by atoms with Gasteiger partial charge < -0.3 is 4.74 Å². The molecule has 0 atom stereocenters. The standard InChI is InChI=1S/C13H6F7NO/c14-9-4-5-21-11(10(9)12(15,16)17)7-2-1-3-8(6-7)22-13(18,19)20/h1-6H. The highest BCUT2D eigenvalue weighted by atomic mass is 19.4. The molecule has 1 heterocycles. The zero-order chi connectivity index (χ0) is 16.5. The molecule has 0 fully saturated rings. The topological polar surface area (TPSA) is 22.1 Å². The molecule has 0 saturated carbocycles. The number of pyridine rings is 1. The van der Waals surface area contributed by atoms with Gasteiger partial charge in [-0.3, -0.25) is 4.98 Å². The van der Waals surface area contributed by atoms with Crippen LogP contribution in [0.15, 0.2) is 36.5 Å². The van der Waals surface area contributed by atoms with Gasteiger partial charge in [0.2, 0.25) is 0 Å². The maximum Gasteiger partial charge on any atom is 0.573 e. The molecule has 0 amide bonds. The second kappa shape index (κ2) is 5.47. The Morgan fingerprint density at radius 1 is 0.955 bits per heavy atom. The van der Waals surface area contributed by atoms with Crippen molar-refractivity contribution in [2.24, 2.45) is 0 Å². The van der Waals surface area contributed by atoms with Crippen molar-refractivity contribution in [3.63, 3.8) is 0 Å². The smallest absolute Gasteiger partial charge is 0.406 e. The van der Waals surface area contributed by atoms with Gasteiger partial charge in [0.1, 0.15) is 17.1 Å². The van der Waals surface area contributed by atoms with Crippen LogP contribution in [-0.4, -0.2) is 11.3 Å². The van der Waals surface area contributed by atoms with Crippen LogP contribution < -0.4 is 4.74 Å². The first kappa shape index (κ1) is 16.1. The Balaban J connectivity index is 2.54. The van der Waals surface area contributed by atoms with Crippen molar-refractivity contribution in [3.8, 4) is 17.0 Å². The normalized spacial score (nSPS) is 12.3. The Morgan fingerprint density at radius 3 is 2.23 bits per heavy atom. The number of hydrogen-bond donors (Lipinski definition) is 0. The largest absolute Gasteiger partial charge is 0.573 e. The quantitative estimate of drug-likeness (QED) is 0.740. The highest BCUT2D eigenvalue weighted by Gasteiger charge is 2.38. The van der Waals surface area contributed by atoms with Crippen LogP contribution in [0.2, 0.25) is 0 Å². The zero-order valence-corrected chi connectivity index (χ0v) is 10.5. The van der Waals surface area contributed by atoms with Crippen LogP contribution in [0.4, 0.5) is 30.7 Å². The van der Waals surface area contributed by atoms with E-state index in [2.05, 4.69) is 9.72 Å². The van der Waals surface area contributed by atoms with Crippen LogP contribution in [0.25, 0.3) is 11.3 Å². The number of alkyl halides is 6. The van der Waals surface area contributed by atoms with Gasteiger partial charge in [-0.05, 0) is 18.2 Å². The summed E-state index contributed by atoms with van der Waals surface area (Å²) in [4.78, 5) is 3.42. The summed E-state index contributed by atoms with van der Waals surface area (Å²) in [7, 11) is 0. The Labute approximate surface area is 119 Å². The van der Waals surface area contributed by atoms with Crippen LogP contribution in [-0.2, 0) is 6.18 Å². The van der Waals surface area contributed by atoms with E-state index in [1.807, 2.05) is 0 Å². The molecule has 2 rings (SSSR count). The predicted molar refractivity (Wildman–Crippen MR) is 61.3 cm³/mol. The number of nitrogens with zero attached hydrogens (tertiary/aromatic N) is 1. The maximum absolute atomic E-state index is 13.4. The molecule has 2 nitrogen and oxygen atoms in total. The highest BCUT2D eigenvalue weighted by molar-refractivity contribution is 5.65. The van der Waals surface area contributed by atoms with Gasteiger partial charge in [0.05, 0.1) is 5.69 Å². The van der Waals surface area contributed by atoms with E-state index in [-0.39, 0.29) is 5.56 Å². The summed E-state index contributed by atoms with van der Waals surface area (Å²) in [6, 6.07) is 4.24. The first-order valence-electron chi connectivity index (χ1n) is 5.66. The van der Waals surface area contributed by atoms with Crippen molar-refractivity contribution < 1.29 is 35.5 Å². The predicted octanol–water partition coefficient (Wildman–Crippen LogP) is 4.81. The summed E-state index contributed by atoms with van der Waals surface area (Å²) in [5.74, 6) is -2.30. The first-order valence-corrected chi connectivity index (χ1v) is 5.66. The molecule has 0 unspecified atom stereocenters. The van der Waals surface area contributed by atoms with Crippen molar-refractivity contribution in [1.82, 2.24) is 4.98 Å². The first-order chi connectivity index (χ1) is 10.1. The lowest BCUT2D eigenvalue weighted by Gasteiger charge is -2.14. The van der Waals surface area contributed by atoms with Crippen LogP contribution in [0.1, 0.15) is 5.56 Å². The molecule has 1 aromatic carbocycles. The van der Waals surface area contributed by atoms with E-state index in [0.717, 1.165) is 24.4 Å². The van der Waals surface area contributed by atoms with E-state index in [4.69, 9.17) is 0 Å². The van der Waals surface area contributed by atoms with Crippen LogP contribution in [0, 0.1) is 5.82 Å². The monoisotopic (exact) mass is 325 g/mol. The minimum absolute atomic E-state index is 0.353. The van der Waals surface area contributed by atoms with E-state index in [1.165, 1.54) is 0 Å². The third-order valence-corrected chi connectivity index (χ3v) is 2.52. The number of halogens is 7.